The third kappa shape index (κ3) is 3.02. The highest BCUT2D eigenvalue weighted by molar-refractivity contribution is 5.00. The molecule has 2 N–H and O–H groups in total. The van der Waals surface area contributed by atoms with Gasteiger partial charge in [-0.25, -0.2) is 4.98 Å². The van der Waals surface area contributed by atoms with Crippen molar-refractivity contribution in [2.75, 3.05) is 0 Å². The predicted octanol–water partition coefficient (Wildman–Crippen LogP) is 2.13. The number of nitrogens with two attached hydrogens (primary N) is 1. The first-order valence-corrected chi connectivity index (χ1v) is 5.72. The Kier molecular flexibility index (Phi) is 4.27. The summed E-state index contributed by atoms with van der Waals surface area (Å²) in [6.45, 7) is 6.36. The van der Waals surface area contributed by atoms with Crippen molar-refractivity contribution in [2.24, 2.45) is 12.8 Å². The van der Waals surface area contributed by atoms with Crippen LogP contribution in [0.2, 0.25) is 0 Å². The quantitative estimate of drug-likeness (QED) is 0.810. The maximum atomic E-state index is 6.07. The van der Waals surface area contributed by atoms with Crippen molar-refractivity contribution < 1.29 is 0 Å². The zero-order valence-electron chi connectivity index (χ0n) is 10.2. The number of aryl methyl sites for hydroxylation is 1. The summed E-state index contributed by atoms with van der Waals surface area (Å²) in [5, 5.41) is 4.36. The lowest BCUT2D eigenvalue weighted by atomic mass is 10.1. The van der Waals surface area contributed by atoms with Gasteiger partial charge in [0.2, 0.25) is 0 Å². The molecule has 4 heteroatoms. The van der Waals surface area contributed by atoms with Crippen molar-refractivity contribution in [1.29, 1.82) is 0 Å². The van der Waals surface area contributed by atoms with Gasteiger partial charge >= 0.3 is 0 Å². The van der Waals surface area contributed by atoms with Crippen LogP contribution in [-0.2, 0) is 7.05 Å². The topological polar surface area (TPSA) is 56.7 Å². The predicted molar refractivity (Wildman–Crippen MR) is 61.5 cm³/mol. The van der Waals surface area contributed by atoms with Crippen molar-refractivity contribution in [2.45, 2.75) is 52.0 Å². The zero-order valence-corrected chi connectivity index (χ0v) is 10.2. The fourth-order valence-electron chi connectivity index (χ4n) is 1.54. The van der Waals surface area contributed by atoms with Gasteiger partial charge in [0.1, 0.15) is 5.82 Å². The molecule has 1 unspecified atom stereocenters. The lowest BCUT2D eigenvalue weighted by Crippen LogP contribution is -2.15. The van der Waals surface area contributed by atoms with Crippen LogP contribution < -0.4 is 5.73 Å². The summed E-state index contributed by atoms with van der Waals surface area (Å²) in [6, 6.07) is 0.0231. The van der Waals surface area contributed by atoms with Crippen LogP contribution in [-0.4, -0.2) is 14.8 Å². The molecular weight excluding hydrogens is 188 g/mol. The highest BCUT2D eigenvalue weighted by atomic mass is 15.3. The van der Waals surface area contributed by atoms with Gasteiger partial charge in [0, 0.05) is 13.0 Å². The second-order valence-corrected chi connectivity index (χ2v) is 4.36. The van der Waals surface area contributed by atoms with Crippen LogP contribution in [0.1, 0.15) is 63.6 Å². The van der Waals surface area contributed by atoms with E-state index in [-0.39, 0.29) is 6.04 Å². The smallest absolute Gasteiger partial charge is 0.153 e. The molecule has 15 heavy (non-hydrogen) atoms. The minimum Gasteiger partial charge on any atom is -0.321 e. The number of hydrogen-bond donors (Lipinski definition) is 1. The summed E-state index contributed by atoms with van der Waals surface area (Å²) in [5.41, 5.74) is 6.07. The average molecular weight is 210 g/mol. The van der Waals surface area contributed by atoms with Gasteiger partial charge in [-0.1, -0.05) is 33.6 Å². The Bertz CT molecular complexity index is 304. The molecule has 0 amide bonds. The number of nitrogens with zero attached hydrogens (tertiary/aromatic N) is 3. The van der Waals surface area contributed by atoms with Gasteiger partial charge in [-0.3, -0.25) is 4.68 Å². The molecule has 0 aliphatic rings. The van der Waals surface area contributed by atoms with Crippen LogP contribution in [0.5, 0.6) is 0 Å². The SMILES string of the molecule is CCCCC(N)c1nc(C(C)C)nn1C. The van der Waals surface area contributed by atoms with Crippen LogP contribution >= 0.6 is 0 Å². The first kappa shape index (κ1) is 12.2. The Morgan fingerprint density at radius 2 is 2.07 bits per heavy atom. The van der Waals surface area contributed by atoms with Crippen molar-refractivity contribution in [3.63, 3.8) is 0 Å². The van der Waals surface area contributed by atoms with Gasteiger partial charge in [-0.15, -0.1) is 0 Å². The average Bonchev–Trinajstić information content (AvgIpc) is 2.57. The summed E-state index contributed by atoms with van der Waals surface area (Å²) >= 11 is 0. The van der Waals surface area contributed by atoms with Crippen LogP contribution in [0, 0.1) is 0 Å². The largest absolute Gasteiger partial charge is 0.321 e. The van der Waals surface area contributed by atoms with Crippen LogP contribution in [0.4, 0.5) is 0 Å². The maximum Gasteiger partial charge on any atom is 0.153 e. The zero-order chi connectivity index (χ0) is 11.4. The number of unbranched alkanes of at least 4 members (excludes halogenated alkanes) is 1. The number of aromatic nitrogens is 3. The summed E-state index contributed by atoms with van der Waals surface area (Å²) in [6.07, 6.45) is 3.30. The van der Waals surface area contributed by atoms with Crippen LogP contribution in [0.3, 0.4) is 0 Å². The van der Waals surface area contributed by atoms with Crippen molar-refractivity contribution >= 4 is 0 Å². The molecule has 0 saturated heterocycles. The fourth-order valence-corrected chi connectivity index (χ4v) is 1.54. The van der Waals surface area contributed by atoms with Gasteiger partial charge in [0.05, 0.1) is 6.04 Å². The molecule has 0 radical (unpaired) electrons. The molecule has 0 saturated carbocycles. The van der Waals surface area contributed by atoms with E-state index in [1.165, 1.54) is 6.42 Å². The molecule has 0 spiro atoms. The first-order chi connectivity index (χ1) is 7.06. The summed E-state index contributed by atoms with van der Waals surface area (Å²) < 4.78 is 1.82. The highest BCUT2D eigenvalue weighted by Crippen LogP contribution is 2.17. The number of rotatable bonds is 5. The minimum absolute atomic E-state index is 0.0231. The van der Waals surface area contributed by atoms with E-state index in [4.69, 9.17) is 5.73 Å². The van der Waals surface area contributed by atoms with E-state index in [1.807, 2.05) is 11.7 Å². The lowest BCUT2D eigenvalue weighted by Gasteiger charge is -2.08. The van der Waals surface area contributed by atoms with Crippen molar-refractivity contribution in [3.8, 4) is 0 Å². The Labute approximate surface area is 91.9 Å². The Morgan fingerprint density at radius 1 is 1.40 bits per heavy atom. The first-order valence-electron chi connectivity index (χ1n) is 5.72. The molecule has 1 aromatic rings. The molecule has 0 fully saturated rings. The Morgan fingerprint density at radius 3 is 2.53 bits per heavy atom. The van der Waals surface area contributed by atoms with Gasteiger partial charge in [0.15, 0.2) is 5.82 Å². The molecule has 0 aliphatic carbocycles. The summed E-state index contributed by atoms with van der Waals surface area (Å²) in [4.78, 5) is 4.49. The standard InChI is InChI=1S/C11H22N4/c1-5-6-7-9(12)11-13-10(8(2)3)14-15(11)4/h8-9H,5-7,12H2,1-4H3. The maximum absolute atomic E-state index is 6.07. The summed E-state index contributed by atoms with van der Waals surface area (Å²) in [7, 11) is 1.92. The molecule has 4 nitrogen and oxygen atoms in total. The minimum atomic E-state index is 0.0231. The molecule has 86 valence electrons. The monoisotopic (exact) mass is 210 g/mol. The van der Waals surface area contributed by atoms with E-state index in [9.17, 15) is 0 Å². The molecule has 0 bridgehead atoms. The summed E-state index contributed by atoms with van der Waals surface area (Å²) in [5.74, 6) is 2.16. The Balaban J connectivity index is 2.75. The van der Waals surface area contributed by atoms with E-state index in [1.54, 1.807) is 0 Å². The second-order valence-electron chi connectivity index (χ2n) is 4.36. The molecule has 1 rings (SSSR count). The van der Waals surface area contributed by atoms with E-state index in [0.717, 1.165) is 24.5 Å². The van der Waals surface area contributed by atoms with Crippen LogP contribution in [0.25, 0.3) is 0 Å². The third-order valence-corrected chi connectivity index (χ3v) is 2.53. The molecule has 0 aliphatic heterocycles. The van der Waals surface area contributed by atoms with Gasteiger partial charge in [-0.05, 0) is 6.42 Å². The molecular formula is C11H22N4. The molecule has 0 aromatic carbocycles. The highest BCUT2D eigenvalue weighted by Gasteiger charge is 2.15. The van der Waals surface area contributed by atoms with Crippen molar-refractivity contribution in [1.82, 2.24) is 14.8 Å². The van der Waals surface area contributed by atoms with Gasteiger partial charge < -0.3 is 5.73 Å². The molecule has 1 aromatic heterocycles. The van der Waals surface area contributed by atoms with E-state index in [2.05, 4.69) is 30.9 Å². The van der Waals surface area contributed by atoms with Crippen LogP contribution in [0.15, 0.2) is 0 Å². The second kappa shape index (κ2) is 5.26. The van der Waals surface area contributed by atoms with E-state index >= 15 is 0 Å². The molecule has 1 atom stereocenters. The van der Waals surface area contributed by atoms with Gasteiger partial charge in [-0.2, -0.15) is 5.10 Å². The van der Waals surface area contributed by atoms with Gasteiger partial charge in [0.25, 0.3) is 0 Å². The normalized spacial score (nSPS) is 13.5. The van der Waals surface area contributed by atoms with E-state index in [0.29, 0.717) is 5.92 Å². The fraction of sp³-hybridized carbons (Fsp3) is 0.818. The lowest BCUT2D eigenvalue weighted by molar-refractivity contribution is 0.543. The van der Waals surface area contributed by atoms with E-state index < -0.39 is 0 Å². The Hall–Kier alpha value is -0.900. The van der Waals surface area contributed by atoms with Crippen molar-refractivity contribution in [3.05, 3.63) is 11.6 Å². The molecule has 1 heterocycles. The number of hydrogen-bond acceptors (Lipinski definition) is 3. The third-order valence-electron chi connectivity index (χ3n) is 2.53.